The van der Waals surface area contributed by atoms with Crippen LogP contribution in [-0.4, -0.2) is 24.4 Å². The molecular formula is C20H16N2O6S. The summed E-state index contributed by atoms with van der Waals surface area (Å²) in [4.78, 5) is 21.5. The Morgan fingerprint density at radius 2 is 1.62 bits per heavy atom. The van der Waals surface area contributed by atoms with E-state index in [9.17, 15) is 28.4 Å². The van der Waals surface area contributed by atoms with Crippen LogP contribution in [0.5, 0.6) is 0 Å². The van der Waals surface area contributed by atoms with Crippen molar-refractivity contribution in [2.24, 2.45) is 0 Å². The molecule has 3 aromatic carbocycles. The van der Waals surface area contributed by atoms with Gasteiger partial charge in [-0.1, -0.05) is 48.5 Å². The van der Waals surface area contributed by atoms with Gasteiger partial charge in [-0.15, -0.1) is 0 Å². The molecule has 0 radical (unpaired) electrons. The third-order valence-electron chi connectivity index (χ3n) is 4.26. The number of nitrogens with zero attached hydrogens (tertiary/aromatic N) is 1. The minimum absolute atomic E-state index is 0.0986. The van der Waals surface area contributed by atoms with E-state index >= 15 is 0 Å². The third kappa shape index (κ3) is 4.48. The average molecular weight is 412 g/mol. The molecule has 2 N–H and O–H groups in total. The zero-order valence-electron chi connectivity index (χ0n) is 15.0. The van der Waals surface area contributed by atoms with Crippen LogP contribution in [0.3, 0.4) is 0 Å². The smallest absolute Gasteiger partial charge is 0.336 e. The summed E-state index contributed by atoms with van der Waals surface area (Å²) in [6, 6.07) is 18.0. The first kappa shape index (κ1) is 20.2. The topological polar surface area (TPSA) is 127 Å². The van der Waals surface area contributed by atoms with Crippen LogP contribution >= 0.6 is 0 Å². The summed E-state index contributed by atoms with van der Waals surface area (Å²) >= 11 is 0. The zero-order chi connectivity index (χ0) is 21.0. The van der Waals surface area contributed by atoms with Gasteiger partial charge < -0.3 is 5.11 Å². The number of sulfonamides is 1. The maximum atomic E-state index is 12.6. The normalized spacial score (nSPS) is 11.2. The SMILES string of the molecule is O=C(O)c1ccccc1-c1ccccc1CNS(=O)(=O)c1cccc([N+](=O)[O-])c1. The molecule has 148 valence electrons. The van der Waals surface area contributed by atoms with Gasteiger partial charge in [0.25, 0.3) is 5.69 Å². The van der Waals surface area contributed by atoms with Crippen molar-refractivity contribution >= 4 is 21.7 Å². The first-order valence-corrected chi connectivity index (χ1v) is 9.92. The molecule has 0 aliphatic carbocycles. The van der Waals surface area contributed by atoms with Crippen molar-refractivity contribution in [1.29, 1.82) is 0 Å². The maximum absolute atomic E-state index is 12.6. The molecule has 3 aromatic rings. The maximum Gasteiger partial charge on any atom is 0.336 e. The lowest BCUT2D eigenvalue weighted by Gasteiger charge is -2.13. The summed E-state index contributed by atoms with van der Waals surface area (Å²) in [5.74, 6) is -1.09. The number of aromatic carboxylic acids is 1. The second-order valence-electron chi connectivity index (χ2n) is 6.09. The van der Waals surface area contributed by atoms with Crippen LogP contribution in [0.15, 0.2) is 77.7 Å². The first-order valence-electron chi connectivity index (χ1n) is 8.44. The van der Waals surface area contributed by atoms with E-state index in [1.54, 1.807) is 42.5 Å². The van der Waals surface area contributed by atoms with Gasteiger partial charge in [-0.3, -0.25) is 10.1 Å². The van der Waals surface area contributed by atoms with Gasteiger partial charge in [-0.25, -0.2) is 17.9 Å². The molecule has 0 fully saturated rings. The Kier molecular flexibility index (Phi) is 5.71. The minimum atomic E-state index is -4.01. The van der Waals surface area contributed by atoms with Gasteiger partial charge in [-0.2, -0.15) is 0 Å². The third-order valence-corrected chi connectivity index (χ3v) is 5.66. The van der Waals surface area contributed by atoms with Crippen LogP contribution in [0.1, 0.15) is 15.9 Å². The van der Waals surface area contributed by atoms with Gasteiger partial charge in [0.1, 0.15) is 0 Å². The molecule has 0 unspecified atom stereocenters. The highest BCUT2D eigenvalue weighted by molar-refractivity contribution is 7.89. The Labute approximate surface area is 166 Å². The van der Waals surface area contributed by atoms with Crippen molar-refractivity contribution in [1.82, 2.24) is 4.72 Å². The number of carbonyl (C=O) groups is 1. The van der Waals surface area contributed by atoms with Crippen molar-refractivity contribution in [2.45, 2.75) is 11.4 Å². The number of hydrogen-bond acceptors (Lipinski definition) is 5. The summed E-state index contributed by atoms with van der Waals surface area (Å²) in [6.07, 6.45) is 0. The monoisotopic (exact) mass is 412 g/mol. The average Bonchev–Trinajstić information content (AvgIpc) is 2.72. The van der Waals surface area contributed by atoms with Gasteiger partial charge in [0.2, 0.25) is 10.0 Å². The molecule has 0 amide bonds. The summed E-state index contributed by atoms with van der Waals surface area (Å²) in [7, 11) is -4.01. The molecule has 0 atom stereocenters. The van der Waals surface area contributed by atoms with Crippen LogP contribution in [0.25, 0.3) is 11.1 Å². The number of hydrogen-bond donors (Lipinski definition) is 2. The largest absolute Gasteiger partial charge is 0.478 e. The Morgan fingerprint density at radius 1 is 0.966 bits per heavy atom. The number of benzene rings is 3. The predicted molar refractivity (Wildman–Crippen MR) is 106 cm³/mol. The van der Waals surface area contributed by atoms with Crippen molar-refractivity contribution in [2.75, 3.05) is 0 Å². The van der Waals surface area contributed by atoms with Crippen LogP contribution in [-0.2, 0) is 16.6 Å². The molecule has 0 heterocycles. The quantitative estimate of drug-likeness (QED) is 0.452. The van der Waals surface area contributed by atoms with Gasteiger partial charge in [0.15, 0.2) is 0 Å². The van der Waals surface area contributed by atoms with Gasteiger partial charge in [0.05, 0.1) is 15.4 Å². The molecule has 0 aliphatic rings. The summed E-state index contributed by atoms with van der Waals surface area (Å²) in [5, 5.41) is 20.3. The van der Waals surface area contributed by atoms with E-state index in [1.165, 1.54) is 24.3 Å². The Balaban J connectivity index is 1.92. The fraction of sp³-hybridized carbons (Fsp3) is 0.0500. The Bertz CT molecular complexity index is 1190. The minimum Gasteiger partial charge on any atom is -0.478 e. The van der Waals surface area contributed by atoms with E-state index < -0.39 is 20.9 Å². The van der Waals surface area contributed by atoms with Crippen molar-refractivity contribution in [3.05, 3.63) is 94.0 Å². The summed E-state index contributed by atoms with van der Waals surface area (Å²) in [5.41, 5.74) is 1.37. The number of nitrogens with one attached hydrogen (secondary N) is 1. The van der Waals surface area contributed by atoms with E-state index in [0.29, 0.717) is 16.7 Å². The standard InChI is InChI=1S/C20H16N2O6S/c23-20(24)19-11-4-3-10-18(19)17-9-2-1-6-14(17)13-21-29(27,28)16-8-5-7-15(12-16)22(25)26/h1-12,21H,13H2,(H,23,24). The fourth-order valence-electron chi connectivity index (χ4n) is 2.86. The lowest BCUT2D eigenvalue weighted by atomic mass is 9.95. The lowest BCUT2D eigenvalue weighted by Crippen LogP contribution is -2.23. The van der Waals surface area contributed by atoms with Gasteiger partial charge in [0, 0.05) is 18.7 Å². The molecule has 0 spiro atoms. The van der Waals surface area contributed by atoms with Crippen molar-refractivity contribution < 1.29 is 23.2 Å². The zero-order valence-corrected chi connectivity index (χ0v) is 15.8. The fourth-order valence-corrected chi connectivity index (χ4v) is 3.91. The number of nitro groups is 1. The number of nitro benzene ring substituents is 1. The predicted octanol–water partition coefficient (Wildman–Crippen LogP) is 3.44. The number of non-ortho nitro benzene ring substituents is 1. The Hall–Kier alpha value is -3.56. The second-order valence-corrected chi connectivity index (χ2v) is 7.85. The number of rotatable bonds is 7. The van der Waals surface area contributed by atoms with Crippen LogP contribution in [0.4, 0.5) is 5.69 Å². The second kappa shape index (κ2) is 8.21. The summed E-state index contributed by atoms with van der Waals surface area (Å²) < 4.78 is 27.6. The van der Waals surface area contributed by atoms with E-state index in [2.05, 4.69) is 4.72 Å². The van der Waals surface area contributed by atoms with Crippen LogP contribution < -0.4 is 4.72 Å². The molecule has 0 saturated carbocycles. The Morgan fingerprint density at radius 3 is 2.31 bits per heavy atom. The van der Waals surface area contributed by atoms with Gasteiger partial charge >= 0.3 is 5.97 Å². The highest BCUT2D eigenvalue weighted by atomic mass is 32.2. The molecule has 0 saturated heterocycles. The molecule has 0 bridgehead atoms. The highest BCUT2D eigenvalue weighted by Crippen LogP contribution is 2.27. The summed E-state index contributed by atoms with van der Waals surface area (Å²) in [6.45, 7) is -0.116. The molecule has 0 aromatic heterocycles. The molecule has 29 heavy (non-hydrogen) atoms. The molecule has 9 heteroatoms. The molecule has 3 rings (SSSR count). The molecule has 0 aliphatic heterocycles. The van der Waals surface area contributed by atoms with Crippen LogP contribution in [0, 0.1) is 10.1 Å². The van der Waals surface area contributed by atoms with Crippen molar-refractivity contribution in [3.8, 4) is 11.1 Å². The molecule has 8 nitrogen and oxygen atoms in total. The van der Waals surface area contributed by atoms with Crippen LogP contribution in [0.2, 0.25) is 0 Å². The van der Waals surface area contributed by atoms with E-state index in [1.807, 2.05) is 0 Å². The molecular weight excluding hydrogens is 396 g/mol. The van der Waals surface area contributed by atoms with E-state index in [4.69, 9.17) is 0 Å². The number of carboxylic acid groups (broad SMARTS) is 1. The van der Waals surface area contributed by atoms with E-state index in [-0.39, 0.29) is 22.7 Å². The van der Waals surface area contributed by atoms with Gasteiger partial charge in [-0.05, 0) is 28.8 Å². The highest BCUT2D eigenvalue weighted by Gasteiger charge is 2.19. The lowest BCUT2D eigenvalue weighted by molar-refractivity contribution is -0.385. The number of carboxylic acids is 1. The first-order chi connectivity index (χ1) is 13.8. The van der Waals surface area contributed by atoms with Crippen molar-refractivity contribution in [3.63, 3.8) is 0 Å². The van der Waals surface area contributed by atoms with E-state index in [0.717, 1.165) is 6.07 Å².